The molecule has 0 amide bonds. The second kappa shape index (κ2) is 7.85. The second-order valence-corrected chi connectivity index (χ2v) is 6.65. The summed E-state index contributed by atoms with van der Waals surface area (Å²) in [6.07, 6.45) is 2.77. The molecule has 0 radical (unpaired) electrons. The smallest absolute Gasteiger partial charge is 0.270 e. The summed E-state index contributed by atoms with van der Waals surface area (Å²) >= 11 is 0. The van der Waals surface area contributed by atoms with Crippen LogP contribution in [0, 0.1) is 10.1 Å². The minimum atomic E-state index is -0.435. The summed E-state index contributed by atoms with van der Waals surface area (Å²) in [6, 6.07) is 8.85. The Hall–Kier alpha value is -3.13. The molecule has 8 heteroatoms. The summed E-state index contributed by atoms with van der Waals surface area (Å²) in [5.74, 6) is 1.40. The molecule has 0 N–H and O–H groups in total. The van der Waals surface area contributed by atoms with Crippen molar-refractivity contribution in [3.8, 4) is 11.5 Å². The molecule has 0 aromatic heterocycles. The SMILES string of the molecule is COc1ccc2c(c1)CCC/C2=N/OCc1cc([N+](=O)[O-])cc2c1OCOC2. The van der Waals surface area contributed by atoms with Gasteiger partial charge in [-0.15, -0.1) is 0 Å². The van der Waals surface area contributed by atoms with E-state index in [1.165, 1.54) is 17.7 Å². The Labute approximate surface area is 161 Å². The molecule has 2 aromatic rings. The second-order valence-electron chi connectivity index (χ2n) is 6.65. The normalized spacial score (nSPS) is 16.7. The van der Waals surface area contributed by atoms with Crippen molar-refractivity contribution in [2.75, 3.05) is 13.9 Å². The lowest BCUT2D eigenvalue weighted by Crippen LogP contribution is -2.14. The van der Waals surface area contributed by atoms with Crippen LogP contribution in [0.4, 0.5) is 5.69 Å². The molecule has 1 heterocycles. The van der Waals surface area contributed by atoms with Crippen molar-refractivity contribution in [1.29, 1.82) is 0 Å². The zero-order valence-electron chi connectivity index (χ0n) is 15.5. The Kier molecular flexibility index (Phi) is 5.12. The summed E-state index contributed by atoms with van der Waals surface area (Å²) in [4.78, 5) is 16.3. The van der Waals surface area contributed by atoms with Crippen LogP contribution in [-0.4, -0.2) is 24.5 Å². The Bertz CT molecular complexity index is 941. The predicted molar refractivity (Wildman–Crippen MR) is 101 cm³/mol. The Morgan fingerprint density at radius 3 is 2.93 bits per heavy atom. The van der Waals surface area contributed by atoms with Crippen LogP contribution in [0.25, 0.3) is 0 Å². The number of non-ortho nitro benzene ring substituents is 1. The molecule has 0 fully saturated rings. The average molecular weight is 384 g/mol. The van der Waals surface area contributed by atoms with Crippen LogP contribution in [0.5, 0.6) is 11.5 Å². The average Bonchev–Trinajstić information content (AvgIpc) is 2.73. The fourth-order valence-corrected chi connectivity index (χ4v) is 3.53. The van der Waals surface area contributed by atoms with E-state index in [0.717, 1.165) is 36.3 Å². The first-order valence-electron chi connectivity index (χ1n) is 9.02. The highest BCUT2D eigenvalue weighted by atomic mass is 16.7. The topological polar surface area (TPSA) is 92.4 Å². The van der Waals surface area contributed by atoms with Gasteiger partial charge in [-0.3, -0.25) is 10.1 Å². The van der Waals surface area contributed by atoms with Gasteiger partial charge in [0.25, 0.3) is 5.69 Å². The van der Waals surface area contributed by atoms with Gasteiger partial charge in [-0.25, -0.2) is 0 Å². The maximum Gasteiger partial charge on any atom is 0.270 e. The quantitative estimate of drug-likeness (QED) is 0.576. The van der Waals surface area contributed by atoms with Gasteiger partial charge in [0.05, 0.1) is 24.4 Å². The van der Waals surface area contributed by atoms with Crippen molar-refractivity contribution in [3.63, 3.8) is 0 Å². The van der Waals surface area contributed by atoms with Gasteiger partial charge in [-0.2, -0.15) is 0 Å². The van der Waals surface area contributed by atoms with Gasteiger partial charge < -0.3 is 19.0 Å². The summed E-state index contributed by atoms with van der Waals surface area (Å²) in [5.41, 5.74) is 4.31. The van der Waals surface area contributed by atoms with Crippen LogP contribution in [0.1, 0.15) is 35.1 Å². The predicted octanol–water partition coefficient (Wildman–Crippen LogP) is 3.73. The zero-order valence-corrected chi connectivity index (χ0v) is 15.5. The molecule has 8 nitrogen and oxygen atoms in total. The van der Waals surface area contributed by atoms with Crippen molar-refractivity contribution in [3.05, 3.63) is 62.7 Å². The maximum absolute atomic E-state index is 11.2. The Morgan fingerprint density at radius 2 is 2.11 bits per heavy atom. The van der Waals surface area contributed by atoms with Crippen LogP contribution in [0.3, 0.4) is 0 Å². The number of nitro groups is 1. The molecule has 1 aliphatic heterocycles. The van der Waals surface area contributed by atoms with E-state index in [1.807, 2.05) is 18.2 Å². The number of fused-ring (bicyclic) bond motifs is 2. The molecule has 4 rings (SSSR count). The van der Waals surface area contributed by atoms with Crippen LogP contribution < -0.4 is 9.47 Å². The van der Waals surface area contributed by atoms with Gasteiger partial charge in [0.1, 0.15) is 18.1 Å². The standard InChI is InChI=1S/C20H20N2O6/c1-25-17-5-6-18-13(9-17)3-2-4-19(18)21-28-11-15-8-16(22(23)24)7-14-10-26-12-27-20(14)15/h5-9H,2-4,10-12H2,1H3/b21-19-. The summed E-state index contributed by atoms with van der Waals surface area (Å²) in [7, 11) is 1.65. The minimum absolute atomic E-state index is 0.0192. The largest absolute Gasteiger partial charge is 0.497 e. The fourth-order valence-electron chi connectivity index (χ4n) is 3.53. The van der Waals surface area contributed by atoms with Crippen LogP contribution in [0.2, 0.25) is 0 Å². The van der Waals surface area contributed by atoms with Gasteiger partial charge in [0.2, 0.25) is 0 Å². The zero-order chi connectivity index (χ0) is 19.5. The lowest BCUT2D eigenvalue weighted by molar-refractivity contribution is -0.385. The number of nitro benzene ring substituents is 1. The van der Waals surface area contributed by atoms with Crippen molar-refractivity contribution < 1.29 is 24.0 Å². The van der Waals surface area contributed by atoms with E-state index in [1.54, 1.807) is 7.11 Å². The lowest BCUT2D eigenvalue weighted by atomic mass is 9.90. The van der Waals surface area contributed by atoms with Gasteiger partial charge in [-0.1, -0.05) is 5.16 Å². The molecule has 0 atom stereocenters. The highest BCUT2D eigenvalue weighted by molar-refractivity contribution is 6.02. The molecule has 28 heavy (non-hydrogen) atoms. The number of oxime groups is 1. The first kappa shape index (κ1) is 18.2. The van der Waals surface area contributed by atoms with E-state index in [4.69, 9.17) is 19.0 Å². The lowest BCUT2D eigenvalue weighted by Gasteiger charge is -2.20. The third kappa shape index (κ3) is 3.63. The third-order valence-corrected chi connectivity index (χ3v) is 4.86. The number of ether oxygens (including phenoxy) is 3. The molecule has 0 saturated carbocycles. The molecule has 1 aliphatic carbocycles. The summed E-state index contributed by atoms with van der Waals surface area (Å²) < 4.78 is 16.0. The van der Waals surface area contributed by atoms with Crippen molar-refractivity contribution >= 4 is 11.4 Å². The highest BCUT2D eigenvalue weighted by Gasteiger charge is 2.22. The van der Waals surface area contributed by atoms with Gasteiger partial charge in [0, 0.05) is 28.8 Å². The molecule has 0 unspecified atom stereocenters. The number of aryl methyl sites for hydroxylation is 1. The number of methoxy groups -OCH3 is 1. The van der Waals surface area contributed by atoms with Gasteiger partial charge >= 0.3 is 0 Å². The fraction of sp³-hybridized carbons (Fsp3) is 0.350. The molecule has 146 valence electrons. The number of hydrogen-bond donors (Lipinski definition) is 0. The number of benzene rings is 2. The number of hydrogen-bond acceptors (Lipinski definition) is 7. The Balaban J connectivity index is 1.56. The van der Waals surface area contributed by atoms with E-state index in [9.17, 15) is 10.1 Å². The molecular weight excluding hydrogens is 364 g/mol. The van der Waals surface area contributed by atoms with Crippen molar-refractivity contribution in [1.82, 2.24) is 0 Å². The van der Waals surface area contributed by atoms with E-state index in [0.29, 0.717) is 16.9 Å². The third-order valence-electron chi connectivity index (χ3n) is 4.86. The van der Waals surface area contributed by atoms with Gasteiger partial charge in [-0.05, 0) is 43.0 Å². The molecular formula is C20H20N2O6. The van der Waals surface area contributed by atoms with Crippen molar-refractivity contribution in [2.24, 2.45) is 5.16 Å². The van der Waals surface area contributed by atoms with E-state index in [-0.39, 0.29) is 25.7 Å². The molecule has 0 spiro atoms. The van der Waals surface area contributed by atoms with E-state index >= 15 is 0 Å². The monoisotopic (exact) mass is 384 g/mol. The molecule has 0 saturated heterocycles. The Morgan fingerprint density at radius 1 is 1.21 bits per heavy atom. The molecule has 2 aromatic carbocycles. The van der Waals surface area contributed by atoms with Crippen molar-refractivity contribution in [2.45, 2.75) is 32.5 Å². The highest BCUT2D eigenvalue weighted by Crippen LogP contribution is 2.33. The van der Waals surface area contributed by atoms with E-state index < -0.39 is 4.92 Å². The summed E-state index contributed by atoms with van der Waals surface area (Å²) in [5, 5.41) is 15.5. The minimum Gasteiger partial charge on any atom is -0.497 e. The van der Waals surface area contributed by atoms with Crippen LogP contribution >= 0.6 is 0 Å². The molecule has 0 bridgehead atoms. The maximum atomic E-state index is 11.2. The number of rotatable bonds is 5. The van der Waals surface area contributed by atoms with Gasteiger partial charge in [0.15, 0.2) is 6.79 Å². The van der Waals surface area contributed by atoms with Crippen LogP contribution in [-0.2, 0) is 29.2 Å². The van der Waals surface area contributed by atoms with E-state index in [2.05, 4.69) is 5.16 Å². The molecule has 2 aliphatic rings. The van der Waals surface area contributed by atoms with Crippen LogP contribution in [0.15, 0.2) is 35.5 Å². The first-order valence-corrected chi connectivity index (χ1v) is 9.02. The first-order chi connectivity index (χ1) is 13.7. The number of nitrogens with zero attached hydrogens (tertiary/aromatic N) is 2. The summed E-state index contributed by atoms with van der Waals surface area (Å²) in [6.45, 7) is 0.467.